The molecule has 10 nitrogen and oxygen atoms in total. The molecule has 5 rings (SSSR count). The van der Waals surface area contributed by atoms with Gasteiger partial charge in [0.1, 0.15) is 5.60 Å². The molecule has 1 aromatic heterocycles. The molecular formula is C35H41N5O5S. The Hall–Kier alpha value is -4.45. The van der Waals surface area contributed by atoms with Crippen LogP contribution in [0.5, 0.6) is 16.6 Å². The quantitative estimate of drug-likeness (QED) is 0.132. The van der Waals surface area contributed by atoms with E-state index in [-0.39, 0.29) is 18.0 Å². The number of methoxy groups -OCH3 is 1. The number of hydrogen-bond acceptors (Lipinski definition) is 8. The Kier molecular flexibility index (Phi) is 11.2. The summed E-state index contributed by atoms with van der Waals surface area (Å²) in [6.45, 7) is 5.62. The first-order valence-electron chi connectivity index (χ1n) is 15.6. The minimum absolute atomic E-state index is 0.102. The molecule has 11 heteroatoms. The standard InChI is InChI=1S/C35H41N5O5S/c1-4-27(5-2)38-33(42)39-28-16-17-29(30(22-28)43-3)44-31-24-37-34(46-31)40(32(41)26-14-10-7-11-15-26)45-35(18-20-36-21-19-35)23-25-12-8-6-9-13-25/h6-17,22,24,27,36H,4-5,18-21,23H2,1-3H3,(H2,38,39,42). The number of carbonyl (C=O) groups is 2. The van der Waals surface area contributed by atoms with E-state index in [0.717, 1.165) is 44.3 Å². The van der Waals surface area contributed by atoms with Crippen molar-refractivity contribution in [2.24, 2.45) is 0 Å². The van der Waals surface area contributed by atoms with E-state index in [1.165, 1.54) is 23.5 Å². The van der Waals surface area contributed by atoms with Gasteiger partial charge < -0.3 is 25.4 Å². The normalized spacial score (nSPS) is 14.0. The Balaban J connectivity index is 1.38. The number of nitrogens with one attached hydrogen (secondary N) is 3. The Morgan fingerprint density at radius 2 is 1.67 bits per heavy atom. The lowest BCUT2D eigenvalue weighted by atomic mass is 9.86. The topological polar surface area (TPSA) is 114 Å². The van der Waals surface area contributed by atoms with Crippen molar-refractivity contribution in [3.63, 3.8) is 0 Å². The molecule has 4 aromatic rings. The second-order valence-corrected chi connectivity index (χ2v) is 12.2. The summed E-state index contributed by atoms with van der Waals surface area (Å²) < 4.78 is 11.8. The van der Waals surface area contributed by atoms with E-state index < -0.39 is 5.60 Å². The number of carbonyl (C=O) groups excluding carboxylic acids is 2. The predicted octanol–water partition coefficient (Wildman–Crippen LogP) is 7.20. The van der Waals surface area contributed by atoms with E-state index in [0.29, 0.717) is 39.4 Å². The molecule has 46 heavy (non-hydrogen) atoms. The highest BCUT2D eigenvalue weighted by atomic mass is 32.1. The van der Waals surface area contributed by atoms with Crippen molar-refractivity contribution in [3.05, 3.63) is 96.2 Å². The molecule has 0 aliphatic carbocycles. The minimum Gasteiger partial charge on any atom is -0.493 e. The Morgan fingerprint density at radius 1 is 0.978 bits per heavy atom. The van der Waals surface area contributed by atoms with E-state index >= 15 is 0 Å². The van der Waals surface area contributed by atoms with Crippen LogP contribution >= 0.6 is 11.3 Å². The summed E-state index contributed by atoms with van der Waals surface area (Å²) in [6.07, 6.45) is 5.36. The van der Waals surface area contributed by atoms with Gasteiger partial charge in [0.05, 0.1) is 13.3 Å². The number of ether oxygens (including phenoxy) is 2. The first-order chi connectivity index (χ1) is 22.4. The number of amides is 3. The number of nitrogens with zero attached hydrogens (tertiary/aromatic N) is 2. The zero-order chi connectivity index (χ0) is 32.4. The van der Waals surface area contributed by atoms with Crippen molar-refractivity contribution < 1.29 is 23.9 Å². The average Bonchev–Trinajstić information content (AvgIpc) is 3.56. The van der Waals surface area contributed by atoms with E-state index in [1.54, 1.807) is 36.5 Å². The third kappa shape index (κ3) is 8.42. The molecule has 1 saturated heterocycles. The highest BCUT2D eigenvalue weighted by Gasteiger charge is 2.39. The molecule has 1 fully saturated rings. The lowest BCUT2D eigenvalue weighted by molar-refractivity contribution is -0.0711. The van der Waals surface area contributed by atoms with E-state index in [4.69, 9.17) is 14.3 Å². The van der Waals surface area contributed by atoms with Crippen LogP contribution in [-0.2, 0) is 11.3 Å². The van der Waals surface area contributed by atoms with E-state index in [2.05, 4.69) is 33.1 Å². The lowest BCUT2D eigenvalue weighted by Gasteiger charge is -2.40. The minimum atomic E-state index is -0.615. The third-order valence-corrected chi connectivity index (χ3v) is 8.82. The molecule has 0 radical (unpaired) electrons. The third-order valence-electron chi connectivity index (χ3n) is 7.97. The number of benzene rings is 3. The second kappa shape index (κ2) is 15.7. The monoisotopic (exact) mass is 643 g/mol. The van der Waals surface area contributed by atoms with Crippen molar-refractivity contribution in [1.29, 1.82) is 0 Å². The van der Waals surface area contributed by atoms with Gasteiger partial charge in [-0.1, -0.05) is 73.7 Å². The average molecular weight is 644 g/mol. The van der Waals surface area contributed by atoms with Gasteiger partial charge in [-0.2, -0.15) is 5.06 Å². The molecule has 2 heterocycles. The maximum atomic E-state index is 14.0. The molecule has 0 spiro atoms. The molecule has 1 aliphatic heterocycles. The Labute approximate surface area is 274 Å². The Bertz CT molecular complexity index is 1570. The van der Waals surface area contributed by atoms with Crippen molar-refractivity contribution in [3.8, 4) is 16.6 Å². The van der Waals surface area contributed by atoms with Crippen LogP contribution in [0.15, 0.2) is 85.1 Å². The summed E-state index contributed by atoms with van der Waals surface area (Å²) >= 11 is 1.19. The van der Waals surface area contributed by atoms with Crippen LogP contribution in [0.25, 0.3) is 0 Å². The number of rotatable bonds is 13. The van der Waals surface area contributed by atoms with Crippen molar-refractivity contribution in [2.75, 3.05) is 30.6 Å². The molecule has 3 N–H and O–H groups in total. The predicted molar refractivity (Wildman–Crippen MR) is 181 cm³/mol. The van der Waals surface area contributed by atoms with Crippen molar-refractivity contribution in [2.45, 2.75) is 57.6 Å². The smallest absolute Gasteiger partial charge is 0.319 e. The second-order valence-electron chi connectivity index (χ2n) is 11.2. The number of anilines is 2. The fraction of sp³-hybridized carbons (Fsp3) is 0.343. The number of thiazole rings is 1. The van der Waals surface area contributed by atoms with Gasteiger partial charge in [0.25, 0.3) is 5.91 Å². The molecule has 0 bridgehead atoms. The highest BCUT2D eigenvalue weighted by Crippen LogP contribution is 2.40. The largest absolute Gasteiger partial charge is 0.493 e. The van der Waals surface area contributed by atoms with Gasteiger partial charge in [0.2, 0.25) is 10.2 Å². The molecule has 0 unspecified atom stereocenters. The van der Waals surface area contributed by atoms with Gasteiger partial charge in [-0.3, -0.25) is 9.63 Å². The van der Waals surface area contributed by atoms with Crippen LogP contribution in [0, 0.1) is 0 Å². The Morgan fingerprint density at radius 3 is 2.35 bits per heavy atom. The van der Waals surface area contributed by atoms with Crippen LogP contribution in [0.1, 0.15) is 55.5 Å². The van der Waals surface area contributed by atoms with Crippen LogP contribution in [-0.4, -0.2) is 48.8 Å². The van der Waals surface area contributed by atoms with Crippen LogP contribution in [0.2, 0.25) is 0 Å². The molecule has 1 aliphatic rings. The SMILES string of the molecule is CCC(CC)NC(=O)Nc1ccc(Oc2cnc(N(OC3(Cc4ccccc4)CCNCC3)C(=O)c3ccccc3)s2)c(OC)c1. The molecule has 3 aromatic carbocycles. The number of piperidine rings is 1. The van der Waals surface area contributed by atoms with Crippen LogP contribution in [0.4, 0.5) is 15.6 Å². The van der Waals surface area contributed by atoms with Gasteiger partial charge in [-0.25, -0.2) is 9.78 Å². The summed E-state index contributed by atoms with van der Waals surface area (Å²) in [7, 11) is 1.54. The number of urea groups is 1. The van der Waals surface area contributed by atoms with Gasteiger partial charge in [0, 0.05) is 29.8 Å². The number of hydroxylamine groups is 1. The summed E-state index contributed by atoms with van der Waals surface area (Å²) in [5.74, 6) is 0.553. The maximum Gasteiger partial charge on any atom is 0.319 e. The maximum absolute atomic E-state index is 14.0. The summed E-state index contributed by atoms with van der Waals surface area (Å²) in [4.78, 5) is 37.8. The fourth-order valence-corrected chi connectivity index (χ4v) is 6.11. The summed E-state index contributed by atoms with van der Waals surface area (Å²) in [5.41, 5.74) is 1.58. The van der Waals surface area contributed by atoms with Gasteiger partial charge in [0.15, 0.2) is 11.5 Å². The molecule has 242 valence electrons. The van der Waals surface area contributed by atoms with Crippen LogP contribution in [0.3, 0.4) is 0 Å². The number of hydrogen-bond donors (Lipinski definition) is 3. The van der Waals surface area contributed by atoms with Gasteiger partial charge >= 0.3 is 6.03 Å². The molecule has 3 amide bonds. The lowest BCUT2D eigenvalue weighted by Crippen LogP contribution is -2.51. The van der Waals surface area contributed by atoms with Crippen molar-refractivity contribution >= 4 is 34.1 Å². The van der Waals surface area contributed by atoms with Crippen molar-refractivity contribution in [1.82, 2.24) is 15.6 Å². The van der Waals surface area contributed by atoms with Gasteiger partial charge in [-0.15, -0.1) is 0 Å². The fourth-order valence-electron chi connectivity index (χ4n) is 5.38. The first-order valence-corrected chi connectivity index (χ1v) is 16.5. The van der Waals surface area contributed by atoms with Gasteiger partial charge in [-0.05, 0) is 68.6 Å². The van der Waals surface area contributed by atoms with E-state index in [1.807, 2.05) is 50.2 Å². The molecular weight excluding hydrogens is 602 g/mol. The summed E-state index contributed by atoms with van der Waals surface area (Å²) in [5, 5.41) is 11.3. The molecule has 0 saturated carbocycles. The summed E-state index contributed by atoms with van der Waals surface area (Å²) in [6, 6.07) is 24.2. The molecule has 0 atom stereocenters. The highest BCUT2D eigenvalue weighted by molar-refractivity contribution is 7.17. The first kappa shape index (κ1) is 32.9. The zero-order valence-electron chi connectivity index (χ0n) is 26.5. The zero-order valence-corrected chi connectivity index (χ0v) is 27.3. The van der Waals surface area contributed by atoms with E-state index in [9.17, 15) is 9.59 Å². The number of aromatic nitrogens is 1. The van der Waals surface area contributed by atoms with Crippen LogP contribution < -0.4 is 30.5 Å².